The Morgan fingerprint density at radius 3 is 2.67 bits per heavy atom. The van der Waals surface area contributed by atoms with Crippen LogP contribution in [0.2, 0.25) is 0 Å². The van der Waals surface area contributed by atoms with Gasteiger partial charge in [-0.25, -0.2) is 13.1 Å². The summed E-state index contributed by atoms with van der Waals surface area (Å²) in [5.74, 6) is 0. The molecule has 0 amide bonds. The Labute approximate surface area is 126 Å². The van der Waals surface area contributed by atoms with Crippen LogP contribution in [0.25, 0.3) is 0 Å². The average molecular weight is 312 g/mol. The third-order valence-corrected chi connectivity index (χ3v) is 5.25. The number of aryl methyl sites for hydroxylation is 1. The van der Waals surface area contributed by atoms with Gasteiger partial charge >= 0.3 is 0 Å². The van der Waals surface area contributed by atoms with Crippen LogP contribution in [0.3, 0.4) is 0 Å². The number of benzene rings is 1. The van der Waals surface area contributed by atoms with Crippen LogP contribution < -0.4 is 10.5 Å². The van der Waals surface area contributed by atoms with Crippen LogP contribution in [-0.4, -0.2) is 33.7 Å². The highest BCUT2D eigenvalue weighted by Crippen LogP contribution is 2.17. The summed E-state index contributed by atoms with van der Waals surface area (Å²) >= 11 is 0. The molecule has 1 saturated heterocycles. The Kier molecular flexibility index (Phi) is 5.75. The van der Waals surface area contributed by atoms with Crippen LogP contribution in [0.5, 0.6) is 0 Å². The Morgan fingerprint density at radius 2 is 2.05 bits per heavy atom. The molecule has 21 heavy (non-hydrogen) atoms. The number of rotatable bonds is 6. The lowest BCUT2D eigenvalue weighted by Crippen LogP contribution is -2.41. The summed E-state index contributed by atoms with van der Waals surface area (Å²) < 4.78 is 32.9. The molecule has 0 saturated carbocycles. The van der Waals surface area contributed by atoms with Crippen molar-refractivity contribution in [2.45, 2.75) is 49.6 Å². The molecule has 0 radical (unpaired) electrons. The molecular weight excluding hydrogens is 288 g/mol. The molecule has 2 atom stereocenters. The van der Waals surface area contributed by atoms with E-state index in [-0.39, 0.29) is 12.1 Å². The monoisotopic (exact) mass is 312 g/mol. The second-order valence-electron chi connectivity index (χ2n) is 5.56. The van der Waals surface area contributed by atoms with Crippen molar-refractivity contribution in [3.63, 3.8) is 0 Å². The van der Waals surface area contributed by atoms with E-state index in [2.05, 4.69) is 4.72 Å². The molecule has 0 bridgehead atoms. The maximum atomic E-state index is 12.4. The molecule has 0 aliphatic carbocycles. The molecule has 1 aromatic rings. The molecule has 118 valence electrons. The molecular formula is C15H24N2O3S. The number of hydrogen-bond donors (Lipinski definition) is 2. The zero-order chi connectivity index (χ0) is 15.3. The minimum absolute atomic E-state index is 0.0457. The van der Waals surface area contributed by atoms with Crippen molar-refractivity contribution in [1.82, 2.24) is 4.72 Å². The first kappa shape index (κ1) is 16.4. The Balaban J connectivity index is 2.01. The molecule has 0 aromatic heterocycles. The average Bonchev–Trinajstić information content (AvgIpc) is 2.45. The van der Waals surface area contributed by atoms with Crippen molar-refractivity contribution < 1.29 is 13.2 Å². The van der Waals surface area contributed by atoms with E-state index in [9.17, 15) is 8.42 Å². The van der Waals surface area contributed by atoms with Crippen molar-refractivity contribution in [2.75, 3.05) is 13.2 Å². The molecule has 6 heteroatoms. The highest BCUT2D eigenvalue weighted by Gasteiger charge is 2.24. The van der Waals surface area contributed by atoms with Gasteiger partial charge in [0.25, 0.3) is 0 Å². The molecule has 2 unspecified atom stereocenters. The third kappa shape index (κ3) is 4.78. The molecule has 3 N–H and O–H groups in total. The summed E-state index contributed by atoms with van der Waals surface area (Å²) in [6, 6.07) is 7.00. The first-order valence-corrected chi connectivity index (χ1v) is 8.92. The fourth-order valence-electron chi connectivity index (χ4n) is 2.53. The zero-order valence-corrected chi connectivity index (χ0v) is 13.2. The van der Waals surface area contributed by atoms with Crippen molar-refractivity contribution >= 4 is 10.0 Å². The highest BCUT2D eigenvalue weighted by atomic mass is 32.2. The van der Waals surface area contributed by atoms with E-state index in [0.29, 0.717) is 24.5 Å². The van der Waals surface area contributed by atoms with E-state index in [0.717, 1.165) is 24.8 Å². The van der Waals surface area contributed by atoms with Gasteiger partial charge in [0.1, 0.15) is 0 Å². The lowest BCUT2D eigenvalue weighted by molar-refractivity contribution is 0.0173. The number of nitrogens with two attached hydrogens (primary N) is 1. The molecule has 1 aliphatic heterocycles. The van der Waals surface area contributed by atoms with Crippen LogP contribution in [0.4, 0.5) is 0 Å². The molecule has 5 nitrogen and oxygen atoms in total. The second kappa shape index (κ2) is 7.35. The van der Waals surface area contributed by atoms with E-state index in [1.165, 1.54) is 0 Å². The topological polar surface area (TPSA) is 81.4 Å². The van der Waals surface area contributed by atoms with Crippen LogP contribution in [0.1, 0.15) is 31.7 Å². The van der Waals surface area contributed by atoms with Crippen LogP contribution >= 0.6 is 0 Å². The van der Waals surface area contributed by atoms with Crippen LogP contribution in [0.15, 0.2) is 29.2 Å². The van der Waals surface area contributed by atoms with Gasteiger partial charge in [-0.3, -0.25) is 0 Å². The number of nitrogens with one attached hydrogen (secondary N) is 1. The number of hydrogen-bond acceptors (Lipinski definition) is 4. The first-order chi connectivity index (χ1) is 10.0. The summed E-state index contributed by atoms with van der Waals surface area (Å²) in [6.07, 6.45) is 3.32. The van der Waals surface area contributed by atoms with Gasteiger partial charge in [0, 0.05) is 12.6 Å². The standard InChI is InChI=1S/C15H24N2O3S/c1-12-11-14(8-10-20-12)17-21(18,19)15-6-4-13(5-7-15)3-2-9-16/h4-7,12,14,17H,2-3,8-11,16H2,1H3. The Bertz CT molecular complexity index is 543. The van der Waals surface area contributed by atoms with Gasteiger partial charge in [0.05, 0.1) is 11.0 Å². The van der Waals surface area contributed by atoms with Gasteiger partial charge in [0.2, 0.25) is 10.0 Å². The van der Waals surface area contributed by atoms with E-state index >= 15 is 0 Å². The first-order valence-electron chi connectivity index (χ1n) is 7.44. The van der Waals surface area contributed by atoms with Gasteiger partial charge in [-0.05, 0) is 56.8 Å². The highest BCUT2D eigenvalue weighted by molar-refractivity contribution is 7.89. The van der Waals surface area contributed by atoms with Gasteiger partial charge in [-0.2, -0.15) is 0 Å². The summed E-state index contributed by atoms with van der Waals surface area (Å²) in [7, 11) is -3.45. The smallest absolute Gasteiger partial charge is 0.240 e. The summed E-state index contributed by atoms with van der Waals surface area (Å²) in [5, 5.41) is 0. The van der Waals surface area contributed by atoms with Crippen LogP contribution in [-0.2, 0) is 21.2 Å². The predicted molar refractivity (Wildman–Crippen MR) is 82.6 cm³/mol. The SMILES string of the molecule is CC1CC(NS(=O)(=O)c2ccc(CCCN)cc2)CCO1. The van der Waals surface area contributed by atoms with Gasteiger partial charge in [-0.1, -0.05) is 12.1 Å². The fourth-order valence-corrected chi connectivity index (χ4v) is 3.82. The summed E-state index contributed by atoms with van der Waals surface area (Å²) in [6.45, 7) is 3.21. The lowest BCUT2D eigenvalue weighted by Gasteiger charge is -2.27. The number of ether oxygens (including phenoxy) is 1. The van der Waals surface area contributed by atoms with Gasteiger partial charge in [-0.15, -0.1) is 0 Å². The van der Waals surface area contributed by atoms with E-state index in [1.54, 1.807) is 12.1 Å². The minimum Gasteiger partial charge on any atom is -0.378 e. The molecule has 2 rings (SSSR count). The maximum absolute atomic E-state index is 12.4. The number of sulfonamides is 1. The predicted octanol–water partition coefficient (Wildman–Crippen LogP) is 1.42. The summed E-state index contributed by atoms with van der Waals surface area (Å²) in [5.41, 5.74) is 6.58. The molecule has 1 aromatic carbocycles. The zero-order valence-electron chi connectivity index (χ0n) is 12.4. The summed E-state index contributed by atoms with van der Waals surface area (Å²) in [4.78, 5) is 0.318. The maximum Gasteiger partial charge on any atom is 0.240 e. The van der Waals surface area contributed by atoms with Crippen molar-refractivity contribution in [3.05, 3.63) is 29.8 Å². The molecule has 1 fully saturated rings. The lowest BCUT2D eigenvalue weighted by atomic mass is 10.1. The third-order valence-electron chi connectivity index (χ3n) is 3.71. The Hall–Kier alpha value is -0.950. The van der Waals surface area contributed by atoms with Crippen LogP contribution in [0, 0.1) is 0 Å². The van der Waals surface area contributed by atoms with Gasteiger partial charge < -0.3 is 10.5 Å². The van der Waals surface area contributed by atoms with Crippen molar-refractivity contribution in [3.8, 4) is 0 Å². The van der Waals surface area contributed by atoms with Gasteiger partial charge in [0.15, 0.2) is 0 Å². The second-order valence-corrected chi connectivity index (χ2v) is 7.27. The fraction of sp³-hybridized carbons (Fsp3) is 0.600. The van der Waals surface area contributed by atoms with E-state index in [1.807, 2.05) is 19.1 Å². The van der Waals surface area contributed by atoms with E-state index in [4.69, 9.17) is 10.5 Å². The molecule has 1 heterocycles. The normalized spacial score (nSPS) is 23.1. The molecule has 0 spiro atoms. The molecule has 1 aliphatic rings. The quantitative estimate of drug-likeness (QED) is 0.832. The van der Waals surface area contributed by atoms with Crippen molar-refractivity contribution in [2.24, 2.45) is 5.73 Å². The largest absolute Gasteiger partial charge is 0.378 e. The minimum atomic E-state index is -3.45. The van der Waals surface area contributed by atoms with Crippen molar-refractivity contribution in [1.29, 1.82) is 0 Å². The Morgan fingerprint density at radius 1 is 1.33 bits per heavy atom. The van der Waals surface area contributed by atoms with E-state index < -0.39 is 10.0 Å².